The smallest absolute Gasteiger partial charge is 0.263 e. The molecule has 0 saturated carbocycles. The van der Waals surface area contributed by atoms with Gasteiger partial charge in [0.1, 0.15) is 17.3 Å². The highest BCUT2D eigenvalue weighted by molar-refractivity contribution is 5.94. The molecular weight excluding hydrogens is 586 g/mol. The lowest BCUT2D eigenvalue weighted by atomic mass is 10.1. The monoisotopic (exact) mass is 616 g/mol. The van der Waals surface area contributed by atoms with E-state index < -0.39 is 29.1 Å². The fraction of sp³-hybridized carbons (Fsp3) is 0.290. The number of benzene rings is 1. The van der Waals surface area contributed by atoms with Gasteiger partial charge < -0.3 is 29.5 Å². The zero-order valence-corrected chi connectivity index (χ0v) is 24.1. The third kappa shape index (κ3) is 6.80. The molecule has 3 N–H and O–H groups in total. The highest BCUT2D eigenvalue weighted by atomic mass is 19.2. The minimum absolute atomic E-state index is 0.0238. The molecule has 14 heteroatoms. The van der Waals surface area contributed by atoms with Gasteiger partial charge in [-0.2, -0.15) is 0 Å². The Morgan fingerprint density at radius 3 is 2.73 bits per heavy atom. The average Bonchev–Trinajstić information content (AvgIpc) is 3.81. The van der Waals surface area contributed by atoms with E-state index in [4.69, 9.17) is 4.42 Å². The molecular formula is C31H30F2N8O4. The van der Waals surface area contributed by atoms with Crippen LogP contribution < -0.4 is 16.2 Å². The van der Waals surface area contributed by atoms with E-state index in [0.29, 0.717) is 29.9 Å². The van der Waals surface area contributed by atoms with E-state index in [0.717, 1.165) is 43.5 Å². The number of carbonyl (C=O) groups is 2. The van der Waals surface area contributed by atoms with Crippen LogP contribution in [0.25, 0.3) is 22.5 Å². The SMILES string of the molecule is O=C(C[C@@H](NC(=O)c1cccn(Cc2ccc(F)c(F)c2)c1=O)c1nnc(-c2c[nH]c3ncccc23)o1)NCCN1CCCC1. The molecule has 5 heterocycles. The quantitative estimate of drug-likeness (QED) is 0.205. The Morgan fingerprint density at radius 2 is 1.91 bits per heavy atom. The van der Waals surface area contributed by atoms with E-state index in [9.17, 15) is 23.2 Å². The highest BCUT2D eigenvalue weighted by Crippen LogP contribution is 2.28. The first-order valence-corrected chi connectivity index (χ1v) is 14.5. The summed E-state index contributed by atoms with van der Waals surface area (Å²) in [5.74, 6) is -3.03. The molecule has 1 aromatic carbocycles. The lowest BCUT2D eigenvalue weighted by Gasteiger charge is -2.17. The lowest BCUT2D eigenvalue weighted by Crippen LogP contribution is -2.39. The van der Waals surface area contributed by atoms with Crippen molar-refractivity contribution in [2.45, 2.75) is 31.8 Å². The molecule has 2 amide bonds. The minimum Gasteiger partial charge on any atom is -0.418 e. The average molecular weight is 617 g/mol. The maximum Gasteiger partial charge on any atom is 0.263 e. The van der Waals surface area contributed by atoms with Crippen LogP contribution in [0.4, 0.5) is 8.78 Å². The molecule has 0 spiro atoms. The van der Waals surface area contributed by atoms with E-state index in [-0.39, 0.29) is 36.2 Å². The number of rotatable bonds is 11. The molecule has 1 aliphatic heterocycles. The standard InChI is InChI=1S/C31H30F2N8O4/c32-23-8-7-19(15-24(23)33)18-41-13-4-6-21(31(41)44)28(43)37-25(16-26(42)34-10-14-40-11-1-2-12-40)30-39-38-29(45-30)22-17-36-27-20(22)5-3-9-35-27/h3-9,13,15,17,25H,1-2,10-12,14,16,18H2,(H,34,42)(H,35,36)(H,37,43)/t25-/m1/s1. The Hall–Kier alpha value is -5.24. The third-order valence-corrected chi connectivity index (χ3v) is 7.67. The summed E-state index contributed by atoms with van der Waals surface area (Å²) in [6, 6.07) is 8.69. The summed E-state index contributed by atoms with van der Waals surface area (Å²) in [6.07, 6.45) is 6.80. The van der Waals surface area contributed by atoms with Crippen molar-refractivity contribution in [3.8, 4) is 11.5 Å². The van der Waals surface area contributed by atoms with E-state index in [2.05, 4.69) is 35.7 Å². The van der Waals surface area contributed by atoms with Crippen LogP contribution in [-0.4, -0.2) is 67.6 Å². The van der Waals surface area contributed by atoms with Gasteiger partial charge in [0, 0.05) is 37.1 Å². The second kappa shape index (κ2) is 13.2. The number of amides is 2. The molecule has 4 aromatic heterocycles. The van der Waals surface area contributed by atoms with Crippen molar-refractivity contribution in [2.75, 3.05) is 26.2 Å². The zero-order chi connectivity index (χ0) is 31.3. The molecule has 0 bridgehead atoms. The van der Waals surface area contributed by atoms with Gasteiger partial charge in [0.25, 0.3) is 11.5 Å². The van der Waals surface area contributed by atoms with Gasteiger partial charge in [-0.05, 0) is 67.9 Å². The number of carbonyl (C=O) groups excluding carboxylic acids is 2. The van der Waals surface area contributed by atoms with Crippen LogP contribution in [0.15, 0.2) is 70.3 Å². The number of aromatic amines is 1. The molecule has 45 heavy (non-hydrogen) atoms. The Labute approximate surface area is 255 Å². The number of halogens is 2. The Morgan fingerprint density at radius 1 is 1.07 bits per heavy atom. The van der Waals surface area contributed by atoms with Gasteiger partial charge >= 0.3 is 0 Å². The molecule has 6 rings (SSSR count). The van der Waals surface area contributed by atoms with Crippen LogP contribution in [0.3, 0.4) is 0 Å². The first kappa shape index (κ1) is 29.8. The van der Waals surface area contributed by atoms with Crippen LogP contribution in [0.1, 0.15) is 47.1 Å². The second-order valence-corrected chi connectivity index (χ2v) is 10.8. The van der Waals surface area contributed by atoms with Crippen LogP contribution in [0.2, 0.25) is 0 Å². The topological polar surface area (TPSA) is 151 Å². The number of nitrogens with zero attached hydrogens (tertiary/aromatic N) is 5. The summed E-state index contributed by atoms with van der Waals surface area (Å²) < 4.78 is 34.3. The molecule has 0 radical (unpaired) electrons. The maximum absolute atomic E-state index is 13.7. The lowest BCUT2D eigenvalue weighted by molar-refractivity contribution is -0.121. The van der Waals surface area contributed by atoms with E-state index in [1.165, 1.54) is 29.0 Å². The van der Waals surface area contributed by atoms with Gasteiger partial charge in [0.05, 0.1) is 18.5 Å². The molecule has 5 aromatic rings. The van der Waals surface area contributed by atoms with Crippen LogP contribution >= 0.6 is 0 Å². The Balaban J connectivity index is 1.22. The van der Waals surface area contributed by atoms with Crippen molar-refractivity contribution >= 4 is 22.8 Å². The Kier molecular flexibility index (Phi) is 8.73. The number of H-pyrrole nitrogens is 1. The summed E-state index contributed by atoms with van der Waals surface area (Å²) in [7, 11) is 0. The molecule has 1 fully saturated rings. The predicted octanol–water partition coefficient (Wildman–Crippen LogP) is 3.17. The summed E-state index contributed by atoms with van der Waals surface area (Å²) in [5.41, 5.74) is 0.675. The fourth-order valence-electron chi connectivity index (χ4n) is 5.34. The summed E-state index contributed by atoms with van der Waals surface area (Å²) in [4.78, 5) is 49.3. The van der Waals surface area contributed by atoms with E-state index in [1.807, 2.05) is 6.07 Å². The normalized spacial score (nSPS) is 14.1. The van der Waals surface area contributed by atoms with Crippen molar-refractivity contribution in [2.24, 2.45) is 0 Å². The number of fused-ring (bicyclic) bond motifs is 1. The van der Waals surface area contributed by atoms with Crippen LogP contribution in [-0.2, 0) is 11.3 Å². The number of nitrogens with one attached hydrogen (secondary N) is 3. The number of likely N-dealkylation sites (tertiary alicyclic amines) is 1. The van der Waals surface area contributed by atoms with Crippen molar-refractivity contribution in [3.63, 3.8) is 0 Å². The highest BCUT2D eigenvalue weighted by Gasteiger charge is 2.27. The van der Waals surface area contributed by atoms with Gasteiger partial charge in [-0.3, -0.25) is 14.4 Å². The summed E-state index contributed by atoms with van der Waals surface area (Å²) in [6.45, 7) is 3.04. The summed E-state index contributed by atoms with van der Waals surface area (Å²) in [5, 5.41) is 14.6. The van der Waals surface area contributed by atoms with Gasteiger partial charge in [-0.1, -0.05) is 6.07 Å². The molecule has 0 unspecified atom stereocenters. The first-order chi connectivity index (χ1) is 21.9. The predicted molar refractivity (Wildman–Crippen MR) is 159 cm³/mol. The molecule has 1 atom stereocenters. The van der Waals surface area contributed by atoms with E-state index >= 15 is 0 Å². The van der Waals surface area contributed by atoms with Crippen LogP contribution in [0, 0.1) is 11.6 Å². The number of hydrogen-bond acceptors (Lipinski definition) is 8. The van der Waals surface area contributed by atoms with Crippen LogP contribution in [0.5, 0.6) is 0 Å². The molecule has 1 aliphatic rings. The third-order valence-electron chi connectivity index (χ3n) is 7.67. The Bertz CT molecular complexity index is 1900. The fourth-order valence-corrected chi connectivity index (χ4v) is 5.34. The summed E-state index contributed by atoms with van der Waals surface area (Å²) >= 11 is 0. The van der Waals surface area contributed by atoms with Gasteiger partial charge in [-0.15, -0.1) is 10.2 Å². The molecule has 12 nitrogen and oxygen atoms in total. The van der Waals surface area contributed by atoms with Gasteiger partial charge in [0.2, 0.25) is 17.7 Å². The number of hydrogen-bond donors (Lipinski definition) is 3. The van der Waals surface area contributed by atoms with Gasteiger partial charge in [0.15, 0.2) is 11.6 Å². The molecule has 1 saturated heterocycles. The molecule has 0 aliphatic carbocycles. The maximum atomic E-state index is 13.7. The van der Waals surface area contributed by atoms with Gasteiger partial charge in [-0.25, -0.2) is 13.8 Å². The largest absolute Gasteiger partial charge is 0.418 e. The molecule has 232 valence electrons. The zero-order valence-electron chi connectivity index (χ0n) is 24.1. The van der Waals surface area contributed by atoms with Crippen molar-refractivity contribution in [1.82, 2.24) is 40.3 Å². The van der Waals surface area contributed by atoms with E-state index in [1.54, 1.807) is 18.5 Å². The number of pyridine rings is 2. The number of aromatic nitrogens is 5. The second-order valence-electron chi connectivity index (χ2n) is 10.8. The van der Waals surface area contributed by atoms with Crippen molar-refractivity contribution < 1.29 is 22.8 Å². The van der Waals surface area contributed by atoms with Crippen molar-refractivity contribution in [1.29, 1.82) is 0 Å². The minimum atomic E-state index is -1.06. The first-order valence-electron chi connectivity index (χ1n) is 14.5. The van der Waals surface area contributed by atoms with Crippen molar-refractivity contribution in [3.05, 3.63) is 100 Å².